The summed E-state index contributed by atoms with van der Waals surface area (Å²) in [5.41, 5.74) is 0.962. The summed E-state index contributed by atoms with van der Waals surface area (Å²) in [5.74, 6) is -0.921. The summed E-state index contributed by atoms with van der Waals surface area (Å²) in [6.45, 7) is 4.70. The Bertz CT molecular complexity index is 445. The number of carbonyl (C=O) groups is 3. The molecule has 0 radical (unpaired) electrons. The summed E-state index contributed by atoms with van der Waals surface area (Å²) in [7, 11) is 1.66. The minimum atomic E-state index is -0.488. The lowest BCUT2D eigenvalue weighted by molar-refractivity contribution is -0.143. The quantitative estimate of drug-likeness (QED) is 0.676. The van der Waals surface area contributed by atoms with Crippen LogP contribution in [-0.4, -0.2) is 56.1 Å². The number of carbonyl (C=O) groups excluding carboxylic acids is 3. The predicted octanol–water partition coefficient (Wildman–Crippen LogP) is 0.209. The van der Waals surface area contributed by atoms with Gasteiger partial charge in [-0.05, 0) is 13.8 Å². The standard InChI is InChI=1S/C14H22N2O5/c1-4-20-13(18)6-7-15-11-9-16(3)12(17)8-10(11)14(19)21-5-2/h15H,4-9H2,1-3H3. The summed E-state index contributed by atoms with van der Waals surface area (Å²) in [5, 5.41) is 3.04. The number of nitrogens with one attached hydrogen (secondary N) is 1. The van der Waals surface area contributed by atoms with Gasteiger partial charge in [0, 0.05) is 19.3 Å². The molecule has 7 heteroatoms. The molecule has 7 nitrogen and oxygen atoms in total. The lowest BCUT2D eigenvalue weighted by atomic mass is 10.0. The topological polar surface area (TPSA) is 84.9 Å². The number of ether oxygens (including phenoxy) is 2. The highest BCUT2D eigenvalue weighted by molar-refractivity contribution is 5.97. The maximum Gasteiger partial charge on any atom is 0.336 e. The first-order valence-electron chi connectivity index (χ1n) is 7.02. The van der Waals surface area contributed by atoms with E-state index in [4.69, 9.17) is 9.47 Å². The van der Waals surface area contributed by atoms with Crippen LogP contribution in [0.25, 0.3) is 0 Å². The normalized spacial score (nSPS) is 15.0. The zero-order chi connectivity index (χ0) is 15.8. The van der Waals surface area contributed by atoms with Crippen LogP contribution in [0.3, 0.4) is 0 Å². The van der Waals surface area contributed by atoms with Crippen molar-refractivity contribution in [3.8, 4) is 0 Å². The maximum absolute atomic E-state index is 11.9. The van der Waals surface area contributed by atoms with Crippen LogP contribution in [0.4, 0.5) is 0 Å². The molecule has 1 heterocycles. The van der Waals surface area contributed by atoms with Crippen LogP contribution < -0.4 is 5.32 Å². The molecule has 0 spiro atoms. The third-order valence-electron chi connectivity index (χ3n) is 3.01. The van der Waals surface area contributed by atoms with E-state index >= 15 is 0 Å². The van der Waals surface area contributed by atoms with Crippen LogP contribution in [0.1, 0.15) is 26.7 Å². The molecule has 0 aromatic rings. The van der Waals surface area contributed by atoms with Gasteiger partial charge in [0.25, 0.3) is 0 Å². The molecule has 0 bridgehead atoms. The lowest BCUT2D eigenvalue weighted by Gasteiger charge is -2.27. The summed E-state index contributed by atoms with van der Waals surface area (Å²) >= 11 is 0. The molecule has 21 heavy (non-hydrogen) atoms. The number of rotatable bonds is 7. The zero-order valence-corrected chi connectivity index (χ0v) is 12.7. The molecular formula is C14H22N2O5. The van der Waals surface area contributed by atoms with Crippen molar-refractivity contribution in [3.63, 3.8) is 0 Å². The first-order valence-corrected chi connectivity index (χ1v) is 7.02. The Balaban J connectivity index is 2.71. The van der Waals surface area contributed by atoms with Gasteiger partial charge in [-0.15, -0.1) is 0 Å². The van der Waals surface area contributed by atoms with Gasteiger partial charge in [0.05, 0.1) is 38.2 Å². The van der Waals surface area contributed by atoms with Crippen LogP contribution in [0, 0.1) is 0 Å². The number of amides is 1. The largest absolute Gasteiger partial charge is 0.466 e. The highest BCUT2D eigenvalue weighted by Gasteiger charge is 2.27. The smallest absolute Gasteiger partial charge is 0.336 e. The minimum Gasteiger partial charge on any atom is -0.466 e. The second-order valence-corrected chi connectivity index (χ2v) is 4.59. The van der Waals surface area contributed by atoms with Gasteiger partial charge in [0.15, 0.2) is 0 Å². The highest BCUT2D eigenvalue weighted by Crippen LogP contribution is 2.17. The molecule has 0 saturated carbocycles. The third kappa shape index (κ3) is 5.09. The molecule has 0 aliphatic carbocycles. The lowest BCUT2D eigenvalue weighted by Crippen LogP contribution is -2.40. The molecular weight excluding hydrogens is 276 g/mol. The fourth-order valence-corrected chi connectivity index (χ4v) is 1.94. The Morgan fingerprint density at radius 3 is 2.52 bits per heavy atom. The van der Waals surface area contributed by atoms with Crippen LogP contribution in [0.15, 0.2) is 11.3 Å². The maximum atomic E-state index is 11.9. The number of nitrogens with zero attached hydrogens (tertiary/aromatic N) is 1. The summed E-state index contributed by atoms with van der Waals surface area (Å²) in [6, 6.07) is 0. The summed E-state index contributed by atoms with van der Waals surface area (Å²) < 4.78 is 9.79. The molecule has 1 N–H and O–H groups in total. The Hall–Kier alpha value is -2.05. The van der Waals surface area contributed by atoms with Crippen molar-refractivity contribution in [3.05, 3.63) is 11.3 Å². The van der Waals surface area contributed by atoms with E-state index in [0.29, 0.717) is 31.0 Å². The Labute approximate surface area is 124 Å². The fraction of sp³-hybridized carbons (Fsp3) is 0.643. The molecule has 118 valence electrons. The van der Waals surface area contributed by atoms with E-state index in [-0.39, 0.29) is 31.3 Å². The van der Waals surface area contributed by atoms with Gasteiger partial charge in [0.1, 0.15) is 0 Å². The first kappa shape index (κ1) is 17.0. The van der Waals surface area contributed by atoms with Crippen molar-refractivity contribution in [2.75, 3.05) is 33.4 Å². The molecule has 0 fully saturated rings. The van der Waals surface area contributed by atoms with E-state index < -0.39 is 5.97 Å². The van der Waals surface area contributed by atoms with E-state index in [1.165, 1.54) is 4.90 Å². The first-order chi connectivity index (χ1) is 9.99. The molecule has 1 aliphatic rings. The fourth-order valence-electron chi connectivity index (χ4n) is 1.94. The van der Waals surface area contributed by atoms with Crippen LogP contribution in [-0.2, 0) is 23.9 Å². The molecule has 0 atom stereocenters. The van der Waals surface area contributed by atoms with Crippen molar-refractivity contribution in [1.82, 2.24) is 10.2 Å². The second-order valence-electron chi connectivity index (χ2n) is 4.59. The van der Waals surface area contributed by atoms with Gasteiger partial charge in [-0.25, -0.2) is 4.79 Å². The van der Waals surface area contributed by atoms with Crippen molar-refractivity contribution in [2.45, 2.75) is 26.7 Å². The van der Waals surface area contributed by atoms with Gasteiger partial charge in [-0.2, -0.15) is 0 Å². The summed E-state index contributed by atoms with van der Waals surface area (Å²) in [6.07, 6.45) is 0.210. The number of hydrogen-bond acceptors (Lipinski definition) is 6. The third-order valence-corrected chi connectivity index (χ3v) is 3.01. The van der Waals surface area contributed by atoms with Crippen LogP contribution >= 0.6 is 0 Å². The summed E-state index contributed by atoms with van der Waals surface area (Å²) in [4.78, 5) is 36.4. The second kappa shape index (κ2) is 8.28. The molecule has 1 rings (SSSR count). The van der Waals surface area contributed by atoms with Gasteiger partial charge >= 0.3 is 11.9 Å². The molecule has 0 aromatic heterocycles. The Morgan fingerprint density at radius 2 is 1.90 bits per heavy atom. The van der Waals surface area contributed by atoms with E-state index in [0.717, 1.165) is 0 Å². The zero-order valence-electron chi connectivity index (χ0n) is 12.7. The monoisotopic (exact) mass is 298 g/mol. The molecule has 0 aromatic carbocycles. The van der Waals surface area contributed by atoms with Crippen molar-refractivity contribution in [1.29, 1.82) is 0 Å². The van der Waals surface area contributed by atoms with Crippen molar-refractivity contribution in [2.24, 2.45) is 0 Å². The SMILES string of the molecule is CCOC(=O)CCNC1=C(C(=O)OCC)CC(=O)N(C)C1. The average Bonchev–Trinajstić information content (AvgIpc) is 2.43. The van der Waals surface area contributed by atoms with Gasteiger partial charge in [-0.1, -0.05) is 0 Å². The molecule has 1 amide bonds. The van der Waals surface area contributed by atoms with Crippen molar-refractivity contribution < 1.29 is 23.9 Å². The minimum absolute atomic E-state index is 0.0110. The molecule has 0 saturated heterocycles. The van der Waals surface area contributed by atoms with E-state index in [1.54, 1.807) is 20.9 Å². The van der Waals surface area contributed by atoms with Crippen LogP contribution in [0.2, 0.25) is 0 Å². The number of esters is 2. The van der Waals surface area contributed by atoms with Gasteiger partial charge < -0.3 is 19.7 Å². The average molecular weight is 298 g/mol. The van der Waals surface area contributed by atoms with Crippen molar-refractivity contribution >= 4 is 17.8 Å². The van der Waals surface area contributed by atoms with E-state index in [9.17, 15) is 14.4 Å². The molecule has 0 unspecified atom stereocenters. The van der Waals surface area contributed by atoms with Crippen LogP contribution in [0.5, 0.6) is 0 Å². The predicted molar refractivity (Wildman–Crippen MR) is 75.2 cm³/mol. The Morgan fingerprint density at radius 1 is 1.24 bits per heavy atom. The van der Waals surface area contributed by atoms with Gasteiger partial charge in [-0.3, -0.25) is 9.59 Å². The highest BCUT2D eigenvalue weighted by atomic mass is 16.5. The Kier molecular flexibility index (Phi) is 6.71. The molecule has 1 aliphatic heterocycles. The van der Waals surface area contributed by atoms with Gasteiger partial charge in [0.2, 0.25) is 5.91 Å². The van der Waals surface area contributed by atoms with E-state index in [1.807, 2.05) is 0 Å². The number of hydrogen-bond donors (Lipinski definition) is 1. The van der Waals surface area contributed by atoms with E-state index in [2.05, 4.69) is 5.32 Å². The number of likely N-dealkylation sites (N-methyl/N-ethyl adjacent to an activating group) is 1.